The number of benzene rings is 1. The van der Waals surface area contributed by atoms with Gasteiger partial charge in [0.15, 0.2) is 0 Å². The molecule has 4 aromatic rings. The van der Waals surface area contributed by atoms with E-state index in [0.717, 1.165) is 28.2 Å². The average Bonchev–Trinajstić information content (AvgIpc) is 3.21. The van der Waals surface area contributed by atoms with Crippen molar-refractivity contribution in [3.05, 3.63) is 77.0 Å². The Morgan fingerprint density at radius 3 is 2.82 bits per heavy atom. The number of nitrogens with zero attached hydrogens (tertiary/aromatic N) is 2. The van der Waals surface area contributed by atoms with Gasteiger partial charge in [-0.15, -0.1) is 0 Å². The molecule has 1 aliphatic heterocycles. The third kappa shape index (κ3) is 3.75. The van der Waals surface area contributed by atoms with Crippen LogP contribution in [0.4, 0.5) is 13.2 Å². The molecule has 0 bridgehead atoms. The summed E-state index contributed by atoms with van der Waals surface area (Å²) in [5, 5.41) is 13.8. The highest BCUT2D eigenvalue weighted by molar-refractivity contribution is 5.96. The molecule has 4 heterocycles. The van der Waals surface area contributed by atoms with Gasteiger partial charge in [0.25, 0.3) is 12.3 Å². The highest BCUT2D eigenvalue weighted by Gasteiger charge is 2.35. The highest BCUT2D eigenvalue weighted by Crippen LogP contribution is 2.38. The predicted octanol–water partition coefficient (Wildman–Crippen LogP) is 4.23. The van der Waals surface area contributed by atoms with Crippen LogP contribution >= 0.6 is 0 Å². The number of hydrogen-bond donors (Lipinski definition) is 3. The van der Waals surface area contributed by atoms with E-state index in [1.165, 1.54) is 6.20 Å². The summed E-state index contributed by atoms with van der Waals surface area (Å²) < 4.78 is 45.9. The zero-order chi connectivity index (χ0) is 24.0. The second kappa shape index (κ2) is 8.45. The summed E-state index contributed by atoms with van der Waals surface area (Å²) >= 11 is 0. The van der Waals surface area contributed by atoms with E-state index in [1.54, 1.807) is 18.3 Å². The minimum atomic E-state index is -2.88. The molecule has 0 saturated carbocycles. The number of aryl methyl sites for hydroxylation is 1. The number of carbonyl (C=O) groups excluding carboxylic acids is 1. The number of aliphatic hydroxyl groups is 1. The number of fused-ring (bicyclic) bond motifs is 2. The molecule has 1 aliphatic rings. The van der Waals surface area contributed by atoms with E-state index >= 15 is 0 Å². The Balaban J connectivity index is 1.42. The molecule has 1 aromatic carbocycles. The van der Waals surface area contributed by atoms with Crippen molar-refractivity contribution >= 4 is 16.9 Å². The number of ether oxygens (including phenoxy) is 1. The van der Waals surface area contributed by atoms with Crippen LogP contribution in [0.1, 0.15) is 39.5 Å². The summed E-state index contributed by atoms with van der Waals surface area (Å²) in [5.74, 6) is -1.73. The Bertz CT molecular complexity index is 1390. The molecule has 174 valence electrons. The molecular formula is C24H19F3N4O3. The quantitative estimate of drug-likeness (QED) is 0.416. The van der Waals surface area contributed by atoms with Crippen LogP contribution < -0.4 is 10.1 Å². The van der Waals surface area contributed by atoms with Crippen molar-refractivity contribution in [2.24, 2.45) is 0 Å². The van der Waals surface area contributed by atoms with Gasteiger partial charge < -0.3 is 20.1 Å². The van der Waals surface area contributed by atoms with Gasteiger partial charge in [-0.05, 0) is 42.8 Å². The van der Waals surface area contributed by atoms with Crippen molar-refractivity contribution < 1.29 is 27.8 Å². The largest absolute Gasteiger partial charge is 0.490 e. The number of aliphatic hydroxyl groups excluding tert-OH is 1. The Morgan fingerprint density at radius 2 is 2.09 bits per heavy atom. The number of aromatic amines is 1. The van der Waals surface area contributed by atoms with E-state index in [0.29, 0.717) is 11.8 Å². The Morgan fingerprint density at radius 1 is 1.26 bits per heavy atom. The van der Waals surface area contributed by atoms with Crippen molar-refractivity contribution in [2.75, 3.05) is 6.61 Å². The summed E-state index contributed by atoms with van der Waals surface area (Å²) in [4.78, 5) is 24.6. The molecule has 0 fully saturated rings. The maximum absolute atomic E-state index is 14.6. The van der Waals surface area contributed by atoms with Crippen molar-refractivity contribution in [3.8, 4) is 17.0 Å². The molecular weight excluding hydrogens is 449 g/mol. The molecule has 0 spiro atoms. The Hall–Kier alpha value is -3.92. The van der Waals surface area contributed by atoms with Gasteiger partial charge in [-0.3, -0.25) is 9.78 Å². The van der Waals surface area contributed by atoms with E-state index < -0.39 is 35.9 Å². The van der Waals surface area contributed by atoms with Crippen molar-refractivity contribution in [1.29, 1.82) is 0 Å². The SMILES string of the molecule is Cc1c[nH]c2nccc(-c3ccc(C(=O)N[C@@H]4c5c(F)cc(C(F)F)cc5OC[C@@H]4O)cn3)c12. The Kier molecular flexibility index (Phi) is 5.45. The first-order chi connectivity index (χ1) is 16.3. The van der Waals surface area contributed by atoms with E-state index in [1.807, 2.05) is 19.2 Å². The highest BCUT2D eigenvalue weighted by atomic mass is 19.3. The smallest absolute Gasteiger partial charge is 0.264 e. The van der Waals surface area contributed by atoms with Crippen LogP contribution in [-0.2, 0) is 0 Å². The predicted molar refractivity (Wildman–Crippen MR) is 117 cm³/mol. The minimum Gasteiger partial charge on any atom is -0.490 e. The number of hydrogen-bond acceptors (Lipinski definition) is 5. The lowest BCUT2D eigenvalue weighted by Crippen LogP contribution is -2.42. The lowest BCUT2D eigenvalue weighted by molar-refractivity contribution is 0.0481. The van der Waals surface area contributed by atoms with Crippen LogP contribution in [0.25, 0.3) is 22.3 Å². The van der Waals surface area contributed by atoms with Crippen LogP contribution in [0.2, 0.25) is 0 Å². The number of rotatable bonds is 4. The first-order valence-corrected chi connectivity index (χ1v) is 10.5. The summed E-state index contributed by atoms with van der Waals surface area (Å²) in [7, 11) is 0. The molecule has 5 rings (SSSR count). The zero-order valence-corrected chi connectivity index (χ0v) is 17.8. The van der Waals surface area contributed by atoms with Gasteiger partial charge >= 0.3 is 0 Å². The number of pyridine rings is 2. The van der Waals surface area contributed by atoms with Gasteiger partial charge in [0.1, 0.15) is 29.9 Å². The third-order valence-electron chi connectivity index (χ3n) is 5.83. The van der Waals surface area contributed by atoms with Crippen LogP contribution in [0.15, 0.2) is 48.9 Å². The first kappa shape index (κ1) is 21.9. The maximum atomic E-state index is 14.6. The fourth-order valence-corrected chi connectivity index (χ4v) is 4.14. The summed E-state index contributed by atoms with van der Waals surface area (Å²) in [5.41, 5.74) is 2.68. The summed E-state index contributed by atoms with van der Waals surface area (Å²) in [6.45, 7) is 1.67. The van der Waals surface area contributed by atoms with Crippen LogP contribution in [-0.4, -0.2) is 38.7 Å². The fraction of sp³-hybridized carbons (Fsp3) is 0.208. The number of carbonyl (C=O) groups is 1. The summed E-state index contributed by atoms with van der Waals surface area (Å²) in [6, 6.07) is 5.60. The molecule has 0 radical (unpaired) electrons. The molecule has 3 aromatic heterocycles. The van der Waals surface area contributed by atoms with Crippen molar-refractivity contribution in [2.45, 2.75) is 25.5 Å². The molecule has 3 N–H and O–H groups in total. The number of aromatic nitrogens is 3. The number of nitrogens with one attached hydrogen (secondary N) is 2. The van der Waals surface area contributed by atoms with Crippen molar-refractivity contribution in [1.82, 2.24) is 20.3 Å². The molecule has 0 aliphatic carbocycles. The van der Waals surface area contributed by atoms with Crippen LogP contribution in [0.5, 0.6) is 5.75 Å². The lowest BCUT2D eigenvalue weighted by Gasteiger charge is -2.31. The fourth-order valence-electron chi connectivity index (χ4n) is 4.14. The molecule has 2 atom stereocenters. The molecule has 0 saturated heterocycles. The second-order valence-electron chi connectivity index (χ2n) is 8.03. The van der Waals surface area contributed by atoms with Gasteiger partial charge in [0.05, 0.1) is 22.9 Å². The minimum absolute atomic E-state index is 0.136. The Labute approximate surface area is 191 Å². The number of H-pyrrole nitrogens is 1. The lowest BCUT2D eigenvalue weighted by atomic mass is 9.95. The van der Waals surface area contributed by atoms with Gasteiger partial charge in [-0.1, -0.05) is 0 Å². The number of halogens is 3. The van der Waals surface area contributed by atoms with E-state index in [-0.39, 0.29) is 23.5 Å². The maximum Gasteiger partial charge on any atom is 0.264 e. The van der Waals surface area contributed by atoms with E-state index in [4.69, 9.17) is 4.74 Å². The van der Waals surface area contributed by atoms with Crippen molar-refractivity contribution in [3.63, 3.8) is 0 Å². The van der Waals surface area contributed by atoms with Crippen LogP contribution in [0, 0.1) is 12.7 Å². The third-order valence-corrected chi connectivity index (χ3v) is 5.83. The standard InChI is InChI=1S/C24H19F3N4O3/c1-11-8-30-23-19(11)14(4-5-28-23)16-3-2-12(9-29-16)24(33)31-21-17(32)10-34-18-7-13(22(26)27)6-15(25)20(18)21/h2-9,17,21-22,32H,10H2,1H3,(H,28,30)(H,31,33)/t17-,21-/m0/s1. The first-order valence-electron chi connectivity index (χ1n) is 10.5. The number of amides is 1. The second-order valence-corrected chi connectivity index (χ2v) is 8.03. The summed E-state index contributed by atoms with van der Waals surface area (Å²) in [6.07, 6.45) is 0.737. The van der Waals surface area contributed by atoms with Gasteiger partial charge in [-0.2, -0.15) is 0 Å². The zero-order valence-electron chi connectivity index (χ0n) is 17.8. The van der Waals surface area contributed by atoms with Crippen LogP contribution in [0.3, 0.4) is 0 Å². The molecule has 7 nitrogen and oxygen atoms in total. The molecule has 10 heteroatoms. The average molecular weight is 468 g/mol. The number of alkyl halides is 2. The van der Waals surface area contributed by atoms with E-state index in [2.05, 4.69) is 20.3 Å². The monoisotopic (exact) mass is 468 g/mol. The normalized spacial score (nSPS) is 17.5. The molecule has 1 amide bonds. The van der Waals surface area contributed by atoms with Gasteiger partial charge in [-0.25, -0.2) is 18.2 Å². The van der Waals surface area contributed by atoms with E-state index in [9.17, 15) is 23.1 Å². The van der Waals surface area contributed by atoms with Gasteiger partial charge in [0.2, 0.25) is 0 Å². The molecule has 34 heavy (non-hydrogen) atoms. The topological polar surface area (TPSA) is 100 Å². The molecule has 0 unspecified atom stereocenters. The van der Waals surface area contributed by atoms with Gasteiger partial charge in [0, 0.05) is 35.1 Å².